The Morgan fingerprint density at radius 3 is 2.72 bits per heavy atom. The summed E-state index contributed by atoms with van der Waals surface area (Å²) in [6.45, 7) is 5.63. The molecule has 0 amide bonds. The third-order valence-electron chi connectivity index (χ3n) is 7.78. The van der Waals surface area contributed by atoms with Crippen molar-refractivity contribution in [3.05, 3.63) is 57.1 Å². The highest BCUT2D eigenvalue weighted by Gasteiger charge is 2.55. The van der Waals surface area contributed by atoms with Crippen LogP contribution in [0.3, 0.4) is 0 Å². The maximum absolute atomic E-state index is 13.5. The second kappa shape index (κ2) is 10.3. The first-order valence-electron chi connectivity index (χ1n) is 13.0. The Morgan fingerprint density at radius 1 is 1.33 bits per heavy atom. The predicted octanol–water partition coefficient (Wildman–Crippen LogP) is 6.32. The fourth-order valence-electron chi connectivity index (χ4n) is 5.82. The van der Waals surface area contributed by atoms with Gasteiger partial charge in [-0.05, 0) is 77.7 Å². The van der Waals surface area contributed by atoms with E-state index in [4.69, 9.17) is 18.9 Å². The van der Waals surface area contributed by atoms with E-state index in [1.54, 1.807) is 18.2 Å². The van der Waals surface area contributed by atoms with Crippen molar-refractivity contribution in [1.29, 1.82) is 5.26 Å². The predicted molar refractivity (Wildman–Crippen MR) is 145 cm³/mol. The molecule has 1 saturated carbocycles. The Hall–Kier alpha value is -3.35. The summed E-state index contributed by atoms with van der Waals surface area (Å²) in [4.78, 5) is 26.7. The average molecular weight is 596 g/mol. The van der Waals surface area contributed by atoms with Gasteiger partial charge < -0.3 is 24.1 Å². The Morgan fingerprint density at radius 2 is 2.10 bits per heavy atom. The lowest BCUT2D eigenvalue weighted by Crippen LogP contribution is -2.37. The van der Waals surface area contributed by atoms with Crippen molar-refractivity contribution < 1.29 is 33.6 Å². The summed E-state index contributed by atoms with van der Waals surface area (Å²) in [6.07, 6.45) is 4.77. The molecule has 2 aliphatic carbocycles. The van der Waals surface area contributed by atoms with Crippen LogP contribution in [0.15, 0.2) is 34.8 Å². The minimum absolute atomic E-state index is 0.0316. The molecule has 1 heterocycles. The molecule has 204 valence electrons. The summed E-state index contributed by atoms with van der Waals surface area (Å²) in [6, 6.07) is 7.13. The van der Waals surface area contributed by atoms with E-state index >= 15 is 0 Å². The number of hydrogen-bond acceptors (Lipinski definition) is 8. The number of rotatable bonds is 6. The maximum atomic E-state index is 13.5. The summed E-state index contributed by atoms with van der Waals surface area (Å²) in [5.41, 5.74) is 0.441. The number of hydrogen-bond donors (Lipinski definition) is 1. The van der Waals surface area contributed by atoms with Gasteiger partial charge in [0, 0.05) is 16.0 Å². The first-order valence-corrected chi connectivity index (χ1v) is 13.8. The Labute approximate surface area is 235 Å². The van der Waals surface area contributed by atoms with Crippen LogP contribution in [0.25, 0.3) is 0 Å². The van der Waals surface area contributed by atoms with E-state index in [2.05, 4.69) is 28.1 Å². The molecule has 5 rings (SSSR count). The third kappa shape index (κ3) is 4.60. The quantitative estimate of drug-likeness (QED) is 0.234. The number of aliphatic hydroxyl groups is 1. The zero-order valence-electron chi connectivity index (χ0n) is 22.2. The minimum atomic E-state index is -1.26. The highest BCUT2D eigenvalue weighted by atomic mass is 79.9. The first kappa shape index (κ1) is 27.2. The molecule has 2 aromatic carbocycles. The summed E-state index contributed by atoms with van der Waals surface area (Å²) >= 11 is 3.55. The van der Waals surface area contributed by atoms with E-state index in [-0.39, 0.29) is 52.9 Å². The van der Waals surface area contributed by atoms with Crippen LogP contribution in [0.1, 0.15) is 66.3 Å². The number of fused-ring (bicyclic) bond motifs is 4. The number of methoxy groups -OCH3 is 1. The van der Waals surface area contributed by atoms with Crippen LogP contribution in [0.2, 0.25) is 0 Å². The Bertz CT molecular complexity index is 1430. The van der Waals surface area contributed by atoms with Crippen LogP contribution >= 0.6 is 15.9 Å². The fraction of sp³-hybridized carbons (Fsp3) is 0.433. The minimum Gasteiger partial charge on any atom is -0.495 e. The van der Waals surface area contributed by atoms with Gasteiger partial charge in [-0.25, -0.2) is 9.59 Å². The molecular formula is C30H30BrNO7. The highest BCUT2D eigenvalue weighted by molar-refractivity contribution is 9.10. The van der Waals surface area contributed by atoms with Crippen LogP contribution in [0, 0.1) is 41.4 Å². The molecule has 1 aliphatic heterocycles. The molecule has 3 aliphatic rings. The Balaban J connectivity index is 1.58. The molecule has 2 bridgehead atoms. The fourth-order valence-corrected chi connectivity index (χ4v) is 6.23. The maximum Gasteiger partial charge on any atom is 0.346 e. The first-order chi connectivity index (χ1) is 18.6. The topological polar surface area (TPSA) is 115 Å². The van der Waals surface area contributed by atoms with Gasteiger partial charge in [-0.2, -0.15) is 5.26 Å². The molecule has 39 heavy (non-hydrogen) atoms. The number of benzene rings is 2. The summed E-state index contributed by atoms with van der Waals surface area (Å²) in [5.74, 6) is -0.482. The van der Waals surface area contributed by atoms with E-state index in [0.717, 1.165) is 12.0 Å². The van der Waals surface area contributed by atoms with Crippen LogP contribution in [-0.2, 0) is 16.1 Å². The molecule has 0 aromatic heterocycles. The smallest absolute Gasteiger partial charge is 0.346 e. The van der Waals surface area contributed by atoms with E-state index in [1.165, 1.54) is 7.11 Å². The zero-order valence-corrected chi connectivity index (χ0v) is 23.8. The van der Waals surface area contributed by atoms with Gasteiger partial charge in [-0.1, -0.05) is 26.0 Å². The van der Waals surface area contributed by atoms with Gasteiger partial charge in [0.15, 0.2) is 16.9 Å². The Kier molecular flexibility index (Phi) is 7.21. The highest BCUT2D eigenvalue weighted by Crippen LogP contribution is 2.53. The molecule has 0 radical (unpaired) electrons. The van der Waals surface area contributed by atoms with Gasteiger partial charge in [0.2, 0.25) is 0 Å². The van der Waals surface area contributed by atoms with E-state index < -0.39 is 23.5 Å². The molecule has 3 unspecified atom stereocenters. The van der Waals surface area contributed by atoms with Gasteiger partial charge in [0.1, 0.15) is 23.7 Å². The molecular weight excluding hydrogens is 566 g/mol. The number of halogens is 1. The molecule has 1 N–H and O–H groups in total. The van der Waals surface area contributed by atoms with Crippen molar-refractivity contribution in [3.8, 4) is 29.1 Å². The second-order valence-electron chi connectivity index (χ2n) is 10.9. The number of aryl methyl sites for hydroxylation is 1. The van der Waals surface area contributed by atoms with Crippen LogP contribution in [-0.4, -0.2) is 24.2 Å². The monoisotopic (exact) mass is 595 g/mol. The lowest BCUT2D eigenvalue weighted by atomic mass is 9.77. The normalized spacial score (nSPS) is 23.6. The number of ether oxygens (including phenoxy) is 4. The van der Waals surface area contributed by atoms with E-state index in [1.807, 2.05) is 26.8 Å². The average Bonchev–Trinajstić information content (AvgIpc) is 3.51. The van der Waals surface area contributed by atoms with Crippen molar-refractivity contribution in [3.63, 3.8) is 0 Å². The van der Waals surface area contributed by atoms with Crippen LogP contribution in [0.5, 0.6) is 23.0 Å². The number of nitriles is 1. The van der Waals surface area contributed by atoms with Gasteiger partial charge in [-0.3, -0.25) is 0 Å². The van der Waals surface area contributed by atoms with Gasteiger partial charge in [-0.15, -0.1) is 0 Å². The van der Waals surface area contributed by atoms with Crippen molar-refractivity contribution in [2.24, 2.45) is 23.2 Å². The second-order valence-corrected chi connectivity index (χ2v) is 11.7. The number of aliphatic hydroxyl groups excluding tert-OH is 1. The number of carbonyl (C=O) groups excluding carboxylic acids is 2. The molecule has 4 atom stereocenters. The number of allylic oxidation sites excluding steroid dienone is 2. The molecule has 8 nitrogen and oxygen atoms in total. The van der Waals surface area contributed by atoms with Crippen molar-refractivity contribution >= 4 is 27.9 Å². The lowest BCUT2D eigenvalue weighted by molar-refractivity contribution is -0.144. The van der Waals surface area contributed by atoms with Crippen molar-refractivity contribution in [2.75, 3.05) is 7.11 Å². The summed E-state index contributed by atoms with van der Waals surface area (Å²) < 4.78 is 24.1. The van der Waals surface area contributed by atoms with Crippen molar-refractivity contribution in [2.45, 2.75) is 52.7 Å². The largest absolute Gasteiger partial charge is 0.495 e. The zero-order chi connectivity index (χ0) is 28.1. The van der Waals surface area contributed by atoms with Gasteiger partial charge >= 0.3 is 11.9 Å². The standard InChI is InChI=1S/C30H30BrNO7/c1-15(2)9-21(33)19-7-8-22-24(27(19)36-4)28(34)37-13-20-25(31)16(3)10-23(26(20)38-22)39-29(35)30(14-32)12-17-5-6-18(30)11-17/h5-8,10,15,17-18,21,33H,9,11-13H2,1-4H3/t17?,18?,21-,30?/m0/s1. The number of nitrogens with zero attached hydrogens (tertiary/aromatic N) is 1. The molecule has 0 spiro atoms. The SMILES string of the molecule is COc1c([C@@H](O)CC(C)C)ccc2c1C(=O)OCc1c(Br)c(C)cc(OC(=O)C3(C#N)CC4C=CC3C4)c1O2. The van der Waals surface area contributed by atoms with Crippen molar-refractivity contribution in [1.82, 2.24) is 0 Å². The summed E-state index contributed by atoms with van der Waals surface area (Å²) in [7, 11) is 1.42. The number of esters is 2. The van der Waals surface area contributed by atoms with Gasteiger partial charge in [0.05, 0.1) is 24.8 Å². The van der Waals surface area contributed by atoms with Gasteiger partial charge in [0.25, 0.3) is 0 Å². The van der Waals surface area contributed by atoms with E-state index in [9.17, 15) is 20.0 Å². The van der Waals surface area contributed by atoms with Crippen LogP contribution in [0.4, 0.5) is 0 Å². The van der Waals surface area contributed by atoms with Crippen LogP contribution < -0.4 is 14.2 Å². The molecule has 9 heteroatoms. The molecule has 1 fully saturated rings. The molecule has 2 aromatic rings. The third-order valence-corrected chi connectivity index (χ3v) is 8.89. The summed E-state index contributed by atoms with van der Waals surface area (Å²) in [5, 5.41) is 20.8. The molecule has 0 saturated heterocycles. The number of cyclic esters (lactones) is 1. The number of carbonyl (C=O) groups is 2. The van der Waals surface area contributed by atoms with E-state index in [0.29, 0.717) is 28.4 Å². The lowest BCUT2D eigenvalue weighted by Gasteiger charge is -2.28.